The van der Waals surface area contributed by atoms with Crippen molar-refractivity contribution in [1.82, 2.24) is 15.2 Å². The van der Waals surface area contributed by atoms with Crippen molar-refractivity contribution in [1.29, 1.82) is 0 Å². The van der Waals surface area contributed by atoms with E-state index in [1.54, 1.807) is 12.1 Å². The summed E-state index contributed by atoms with van der Waals surface area (Å²) in [5, 5.41) is 13.0. The number of carbonyl (C=O) groups is 2. The van der Waals surface area contributed by atoms with E-state index in [0.717, 1.165) is 27.5 Å². The Labute approximate surface area is 202 Å². The Morgan fingerprint density at radius 3 is 2.20 bits per heavy atom. The summed E-state index contributed by atoms with van der Waals surface area (Å²) < 4.78 is 5.29. The predicted octanol–water partition coefficient (Wildman–Crippen LogP) is 3.43. The molecule has 35 heavy (non-hydrogen) atoms. The molecule has 2 amide bonds. The van der Waals surface area contributed by atoms with Gasteiger partial charge in [-0.05, 0) is 24.3 Å². The Kier molecular flexibility index (Phi) is 6.45. The molecule has 5 rings (SSSR count). The van der Waals surface area contributed by atoms with Gasteiger partial charge in [-0.2, -0.15) is 0 Å². The summed E-state index contributed by atoms with van der Waals surface area (Å²) in [6.45, 7) is 2.46. The van der Waals surface area contributed by atoms with Crippen LogP contribution >= 0.6 is 0 Å². The van der Waals surface area contributed by atoms with E-state index in [9.17, 15) is 9.59 Å². The second-order valence-corrected chi connectivity index (χ2v) is 8.34. The van der Waals surface area contributed by atoms with Crippen LogP contribution in [0.25, 0.3) is 21.8 Å². The molecule has 8 nitrogen and oxygen atoms in total. The van der Waals surface area contributed by atoms with Gasteiger partial charge in [0.15, 0.2) is 0 Å². The Morgan fingerprint density at radius 2 is 1.54 bits per heavy atom. The molecule has 1 aliphatic heterocycles. The maximum atomic E-state index is 13.7. The van der Waals surface area contributed by atoms with Gasteiger partial charge in [-0.25, -0.2) is 9.78 Å². The van der Waals surface area contributed by atoms with Crippen molar-refractivity contribution in [3.63, 3.8) is 0 Å². The summed E-state index contributed by atoms with van der Waals surface area (Å²) in [5.74, 6) is 0.434. The van der Waals surface area contributed by atoms with Gasteiger partial charge >= 0.3 is 6.09 Å². The number of ether oxygens (including phenoxy) is 1. The maximum Gasteiger partial charge on any atom is 0.412 e. The van der Waals surface area contributed by atoms with E-state index in [0.29, 0.717) is 37.5 Å². The highest BCUT2D eigenvalue weighted by molar-refractivity contribution is 6.16. The van der Waals surface area contributed by atoms with Crippen LogP contribution < -0.4 is 15.0 Å². The number of nitrogens with one attached hydrogen (secondary N) is 1. The third-order valence-electron chi connectivity index (χ3n) is 6.14. The van der Waals surface area contributed by atoms with E-state index in [4.69, 9.17) is 14.8 Å². The third kappa shape index (κ3) is 4.74. The lowest BCUT2D eigenvalue weighted by molar-refractivity contribution is 0.0750. The van der Waals surface area contributed by atoms with E-state index in [1.165, 1.54) is 0 Å². The van der Waals surface area contributed by atoms with Crippen LogP contribution in [0.3, 0.4) is 0 Å². The number of anilines is 1. The predicted molar refractivity (Wildman–Crippen MR) is 135 cm³/mol. The summed E-state index contributed by atoms with van der Waals surface area (Å²) in [6, 6.07) is 22.8. The quantitative estimate of drug-likeness (QED) is 0.434. The van der Waals surface area contributed by atoms with Gasteiger partial charge in [0.05, 0.1) is 23.2 Å². The van der Waals surface area contributed by atoms with Crippen molar-refractivity contribution >= 4 is 39.5 Å². The number of rotatable bonds is 5. The monoisotopic (exact) mass is 470 g/mol. The smallest absolute Gasteiger partial charge is 0.410 e. The highest BCUT2D eigenvalue weighted by atomic mass is 16.6. The Balaban J connectivity index is 1.33. The molecular weight excluding hydrogens is 444 g/mol. The number of piperazine rings is 1. The number of hydrogen-bond acceptors (Lipinski definition) is 6. The Hall–Kier alpha value is -4.17. The van der Waals surface area contributed by atoms with Crippen LogP contribution in [-0.4, -0.2) is 66.3 Å². The molecule has 0 saturated carbocycles. The SMILES string of the molecule is O=C(NCCO)Oc1cccc(N2CCN(C(=O)c3c4ccccc4nc4ccccc34)CC2)c1. The third-order valence-corrected chi connectivity index (χ3v) is 6.14. The lowest BCUT2D eigenvalue weighted by Crippen LogP contribution is -2.48. The molecule has 8 heteroatoms. The first-order valence-corrected chi connectivity index (χ1v) is 11.6. The number of fused-ring (bicyclic) bond motifs is 2. The van der Waals surface area contributed by atoms with Crippen molar-refractivity contribution < 1.29 is 19.4 Å². The second kappa shape index (κ2) is 9.99. The van der Waals surface area contributed by atoms with Gasteiger partial charge in [-0.15, -0.1) is 0 Å². The molecule has 1 saturated heterocycles. The molecule has 2 heterocycles. The summed E-state index contributed by atoms with van der Waals surface area (Å²) in [4.78, 5) is 34.3. The number of pyridine rings is 1. The molecule has 2 N–H and O–H groups in total. The lowest BCUT2D eigenvalue weighted by Gasteiger charge is -2.36. The number of amides is 2. The zero-order valence-electron chi connectivity index (χ0n) is 19.2. The van der Waals surface area contributed by atoms with Gasteiger partial charge in [-0.3, -0.25) is 4.79 Å². The van der Waals surface area contributed by atoms with Gasteiger partial charge in [0.2, 0.25) is 0 Å². The molecule has 0 radical (unpaired) electrons. The first-order valence-electron chi connectivity index (χ1n) is 11.6. The van der Waals surface area contributed by atoms with E-state index in [1.807, 2.05) is 65.6 Å². The summed E-state index contributed by atoms with van der Waals surface area (Å²) >= 11 is 0. The van der Waals surface area contributed by atoms with E-state index < -0.39 is 6.09 Å². The Bertz CT molecular complexity index is 1330. The summed E-state index contributed by atoms with van der Waals surface area (Å²) in [7, 11) is 0. The van der Waals surface area contributed by atoms with Crippen molar-refractivity contribution in [3.8, 4) is 5.75 Å². The van der Waals surface area contributed by atoms with Gasteiger partial charge in [-0.1, -0.05) is 42.5 Å². The first kappa shape index (κ1) is 22.6. The minimum Gasteiger partial charge on any atom is -0.410 e. The van der Waals surface area contributed by atoms with Crippen molar-refractivity contribution in [2.45, 2.75) is 0 Å². The summed E-state index contributed by atoms with van der Waals surface area (Å²) in [5.41, 5.74) is 3.24. The number of aliphatic hydroxyl groups excluding tert-OH is 1. The molecule has 3 aromatic carbocycles. The fourth-order valence-corrected chi connectivity index (χ4v) is 4.44. The fourth-order valence-electron chi connectivity index (χ4n) is 4.44. The van der Waals surface area contributed by atoms with Crippen LogP contribution in [0.15, 0.2) is 72.8 Å². The van der Waals surface area contributed by atoms with E-state index >= 15 is 0 Å². The first-order chi connectivity index (χ1) is 17.1. The van der Waals surface area contributed by atoms with Crippen LogP contribution in [0.5, 0.6) is 5.75 Å². The number of aliphatic hydroxyl groups is 1. The van der Waals surface area contributed by atoms with Gasteiger partial charge in [0.1, 0.15) is 5.75 Å². The Morgan fingerprint density at radius 1 is 0.886 bits per heavy atom. The molecule has 178 valence electrons. The average molecular weight is 471 g/mol. The largest absolute Gasteiger partial charge is 0.412 e. The van der Waals surface area contributed by atoms with E-state index in [2.05, 4.69) is 10.2 Å². The molecule has 0 atom stereocenters. The minimum atomic E-state index is -0.608. The zero-order valence-corrected chi connectivity index (χ0v) is 19.2. The fraction of sp³-hybridized carbons (Fsp3) is 0.222. The van der Waals surface area contributed by atoms with Crippen molar-refractivity contribution in [2.75, 3.05) is 44.2 Å². The van der Waals surface area contributed by atoms with Crippen LogP contribution in [0.2, 0.25) is 0 Å². The highest BCUT2D eigenvalue weighted by Gasteiger charge is 2.25. The van der Waals surface area contributed by atoms with Gasteiger partial charge in [0.25, 0.3) is 5.91 Å². The van der Waals surface area contributed by atoms with Crippen LogP contribution in [-0.2, 0) is 0 Å². The molecule has 1 aromatic heterocycles. The molecule has 0 unspecified atom stereocenters. The molecule has 0 spiro atoms. The average Bonchev–Trinajstić information content (AvgIpc) is 2.90. The molecule has 1 aliphatic rings. The standard InChI is InChI=1S/C27H26N4O4/c32-17-12-28-27(34)35-20-7-5-6-19(18-20)30-13-15-31(16-14-30)26(33)25-21-8-1-3-10-23(21)29-24-11-4-2-9-22(24)25/h1-11,18,32H,12-17H2,(H,28,34). The van der Waals surface area contributed by atoms with E-state index in [-0.39, 0.29) is 19.1 Å². The number of aromatic nitrogens is 1. The number of para-hydroxylation sites is 2. The topological polar surface area (TPSA) is 95.0 Å². The lowest BCUT2D eigenvalue weighted by atomic mass is 10.0. The number of carbonyl (C=O) groups excluding carboxylic acids is 2. The van der Waals surface area contributed by atoms with Crippen LogP contribution in [0.1, 0.15) is 10.4 Å². The van der Waals surface area contributed by atoms with Gasteiger partial charge < -0.3 is 25.0 Å². The zero-order chi connectivity index (χ0) is 24.2. The minimum absolute atomic E-state index is 0.0112. The number of hydrogen-bond donors (Lipinski definition) is 2. The number of nitrogens with zero attached hydrogens (tertiary/aromatic N) is 3. The number of benzene rings is 3. The second-order valence-electron chi connectivity index (χ2n) is 8.34. The molecule has 0 bridgehead atoms. The van der Waals surface area contributed by atoms with Crippen LogP contribution in [0, 0.1) is 0 Å². The van der Waals surface area contributed by atoms with Crippen molar-refractivity contribution in [3.05, 3.63) is 78.4 Å². The van der Waals surface area contributed by atoms with Crippen LogP contribution in [0.4, 0.5) is 10.5 Å². The molecule has 4 aromatic rings. The maximum absolute atomic E-state index is 13.7. The summed E-state index contributed by atoms with van der Waals surface area (Å²) in [6.07, 6.45) is -0.608. The normalized spacial score (nSPS) is 13.7. The van der Waals surface area contributed by atoms with Crippen molar-refractivity contribution in [2.24, 2.45) is 0 Å². The highest BCUT2D eigenvalue weighted by Crippen LogP contribution is 2.28. The molecule has 1 fully saturated rings. The molecular formula is C27H26N4O4. The van der Waals surface area contributed by atoms with Gasteiger partial charge in [0, 0.05) is 55.2 Å². The molecule has 0 aliphatic carbocycles.